The maximum Gasteiger partial charge on any atom is 0.416 e. The van der Waals surface area contributed by atoms with E-state index in [1.165, 1.54) is 26.4 Å². The summed E-state index contributed by atoms with van der Waals surface area (Å²) >= 11 is 0. The number of amides is 1. The quantitative estimate of drug-likeness (QED) is 0.845. The smallest absolute Gasteiger partial charge is 0.416 e. The number of halogens is 3. The van der Waals surface area contributed by atoms with Crippen LogP contribution < -0.4 is 14.8 Å². The molecule has 0 bridgehead atoms. The summed E-state index contributed by atoms with van der Waals surface area (Å²) in [7, 11) is 2.99. The first kappa shape index (κ1) is 19.6. The predicted octanol–water partition coefficient (Wildman–Crippen LogP) is 4.52. The van der Waals surface area contributed by atoms with E-state index in [1.54, 1.807) is 19.1 Å². The molecule has 0 aliphatic rings. The van der Waals surface area contributed by atoms with Gasteiger partial charge in [-0.15, -0.1) is 0 Å². The van der Waals surface area contributed by atoms with Gasteiger partial charge in [-0.1, -0.05) is 12.1 Å². The molecule has 4 nitrogen and oxygen atoms in total. The van der Waals surface area contributed by atoms with Gasteiger partial charge in [-0.05, 0) is 43.7 Å². The van der Waals surface area contributed by atoms with Gasteiger partial charge < -0.3 is 14.8 Å². The number of benzene rings is 2. The Morgan fingerprint density at radius 3 is 1.96 bits per heavy atom. The molecule has 0 aromatic heterocycles. The van der Waals surface area contributed by atoms with Crippen molar-refractivity contribution in [3.05, 3.63) is 58.7 Å². The molecule has 2 aromatic rings. The summed E-state index contributed by atoms with van der Waals surface area (Å²) in [6.07, 6.45) is -4.39. The van der Waals surface area contributed by atoms with Crippen LogP contribution in [0.2, 0.25) is 0 Å². The maximum atomic E-state index is 12.6. The second kappa shape index (κ2) is 7.68. The van der Waals surface area contributed by atoms with Crippen LogP contribution in [0.1, 0.15) is 40.0 Å². The van der Waals surface area contributed by atoms with E-state index in [0.717, 1.165) is 17.7 Å². The normalized spacial score (nSPS) is 12.4. The van der Waals surface area contributed by atoms with Crippen LogP contribution in [-0.4, -0.2) is 20.1 Å². The van der Waals surface area contributed by atoms with Gasteiger partial charge in [0.15, 0.2) is 0 Å². The van der Waals surface area contributed by atoms with Gasteiger partial charge >= 0.3 is 6.18 Å². The summed E-state index contributed by atoms with van der Waals surface area (Å²) in [5.74, 6) is 0.641. The highest BCUT2D eigenvalue weighted by Crippen LogP contribution is 2.31. The third-order valence-corrected chi connectivity index (χ3v) is 4.10. The molecule has 7 heteroatoms. The lowest BCUT2D eigenvalue weighted by Gasteiger charge is -2.17. The molecule has 0 fully saturated rings. The molecule has 0 saturated carbocycles. The zero-order valence-corrected chi connectivity index (χ0v) is 14.9. The Morgan fingerprint density at radius 2 is 1.54 bits per heavy atom. The van der Waals surface area contributed by atoms with Crippen LogP contribution in [-0.2, 0) is 6.18 Å². The van der Waals surface area contributed by atoms with E-state index in [2.05, 4.69) is 5.32 Å². The Labute approximate surface area is 149 Å². The van der Waals surface area contributed by atoms with E-state index in [-0.39, 0.29) is 5.91 Å². The SMILES string of the molecule is COc1cc(C(=O)NC(C)c2ccc(C(F)(F)F)cc2)cc(OC)c1C. The molecule has 1 N–H and O–H groups in total. The molecule has 140 valence electrons. The Hall–Kier alpha value is -2.70. The van der Waals surface area contributed by atoms with Crippen molar-refractivity contribution >= 4 is 5.91 Å². The molecule has 0 aliphatic carbocycles. The van der Waals surface area contributed by atoms with E-state index in [9.17, 15) is 18.0 Å². The Morgan fingerprint density at radius 1 is 1.04 bits per heavy atom. The zero-order valence-electron chi connectivity index (χ0n) is 14.9. The van der Waals surface area contributed by atoms with Crippen molar-refractivity contribution < 1.29 is 27.4 Å². The highest BCUT2D eigenvalue weighted by atomic mass is 19.4. The van der Waals surface area contributed by atoms with E-state index in [4.69, 9.17) is 9.47 Å². The minimum atomic E-state index is -4.39. The van der Waals surface area contributed by atoms with Gasteiger partial charge in [0, 0.05) is 11.1 Å². The van der Waals surface area contributed by atoms with Crippen molar-refractivity contribution in [1.29, 1.82) is 0 Å². The Balaban J connectivity index is 2.19. The topological polar surface area (TPSA) is 47.6 Å². The van der Waals surface area contributed by atoms with Crippen molar-refractivity contribution in [2.45, 2.75) is 26.1 Å². The Kier molecular flexibility index (Phi) is 5.79. The molecule has 0 saturated heterocycles. The summed E-state index contributed by atoms with van der Waals surface area (Å²) in [6.45, 7) is 3.51. The molecule has 0 aliphatic heterocycles. The lowest BCUT2D eigenvalue weighted by molar-refractivity contribution is -0.137. The van der Waals surface area contributed by atoms with Gasteiger partial charge in [0.05, 0.1) is 25.8 Å². The number of hydrogen-bond acceptors (Lipinski definition) is 3. The molecular weight excluding hydrogens is 347 g/mol. The Bertz CT molecular complexity index is 761. The second-order valence-electron chi connectivity index (χ2n) is 5.82. The first-order valence-electron chi connectivity index (χ1n) is 7.88. The average molecular weight is 367 g/mol. The van der Waals surface area contributed by atoms with Gasteiger partial charge in [-0.25, -0.2) is 0 Å². The van der Waals surface area contributed by atoms with Crippen molar-refractivity contribution in [3.8, 4) is 11.5 Å². The third kappa shape index (κ3) is 4.28. The summed E-state index contributed by atoms with van der Waals surface area (Å²) < 4.78 is 48.4. The molecule has 1 unspecified atom stereocenters. The van der Waals surface area contributed by atoms with Crippen LogP contribution in [0.4, 0.5) is 13.2 Å². The number of ether oxygens (including phenoxy) is 2. The van der Waals surface area contributed by atoms with Gasteiger partial charge in [0.2, 0.25) is 0 Å². The molecular formula is C19H20F3NO3. The molecule has 1 atom stereocenters. The van der Waals surface area contributed by atoms with Crippen LogP contribution in [0.15, 0.2) is 36.4 Å². The van der Waals surface area contributed by atoms with Gasteiger partial charge in [0.1, 0.15) is 11.5 Å². The van der Waals surface area contributed by atoms with Crippen LogP contribution in [0.25, 0.3) is 0 Å². The summed E-state index contributed by atoms with van der Waals surface area (Å²) in [5, 5.41) is 2.76. The molecule has 2 aromatic carbocycles. The van der Waals surface area contributed by atoms with E-state index < -0.39 is 17.8 Å². The first-order valence-corrected chi connectivity index (χ1v) is 7.88. The molecule has 0 radical (unpaired) electrons. The zero-order chi connectivity index (χ0) is 19.5. The lowest BCUT2D eigenvalue weighted by atomic mass is 10.0. The number of hydrogen-bond donors (Lipinski definition) is 1. The van der Waals surface area contributed by atoms with Gasteiger partial charge in [0.25, 0.3) is 5.91 Å². The lowest BCUT2D eigenvalue weighted by Crippen LogP contribution is -2.26. The molecule has 26 heavy (non-hydrogen) atoms. The largest absolute Gasteiger partial charge is 0.496 e. The number of alkyl halides is 3. The standard InChI is InChI=1S/C19H20F3NO3/c1-11-16(25-3)9-14(10-17(11)26-4)18(24)23-12(2)13-5-7-15(8-6-13)19(20,21)22/h5-10,12H,1-4H3,(H,23,24). The predicted molar refractivity (Wildman–Crippen MR) is 91.6 cm³/mol. The summed E-state index contributed by atoms with van der Waals surface area (Å²) in [4.78, 5) is 12.5. The number of carbonyl (C=O) groups excluding carboxylic acids is 1. The van der Waals surface area contributed by atoms with E-state index in [0.29, 0.717) is 22.6 Å². The minimum Gasteiger partial charge on any atom is -0.496 e. The van der Waals surface area contributed by atoms with Crippen molar-refractivity contribution in [2.24, 2.45) is 0 Å². The highest BCUT2D eigenvalue weighted by molar-refractivity contribution is 5.95. The van der Waals surface area contributed by atoms with Crippen LogP contribution in [0.3, 0.4) is 0 Å². The molecule has 0 heterocycles. The average Bonchev–Trinajstić information content (AvgIpc) is 2.61. The summed E-state index contributed by atoms with van der Waals surface area (Å²) in [5.41, 5.74) is 0.940. The summed E-state index contributed by atoms with van der Waals surface area (Å²) in [6, 6.07) is 7.40. The van der Waals surface area contributed by atoms with Crippen molar-refractivity contribution in [2.75, 3.05) is 14.2 Å². The van der Waals surface area contributed by atoms with Crippen molar-refractivity contribution in [1.82, 2.24) is 5.32 Å². The third-order valence-electron chi connectivity index (χ3n) is 4.10. The van der Waals surface area contributed by atoms with Gasteiger partial charge in [-0.2, -0.15) is 13.2 Å². The van der Waals surface area contributed by atoms with Crippen LogP contribution in [0, 0.1) is 6.92 Å². The van der Waals surface area contributed by atoms with E-state index >= 15 is 0 Å². The molecule has 1 amide bonds. The fourth-order valence-electron chi connectivity index (χ4n) is 2.54. The molecule has 2 rings (SSSR count). The van der Waals surface area contributed by atoms with Crippen molar-refractivity contribution in [3.63, 3.8) is 0 Å². The molecule has 0 spiro atoms. The fourth-order valence-corrected chi connectivity index (χ4v) is 2.54. The fraction of sp³-hybridized carbons (Fsp3) is 0.316. The minimum absolute atomic E-state index is 0.336. The highest BCUT2D eigenvalue weighted by Gasteiger charge is 2.30. The van der Waals surface area contributed by atoms with Crippen LogP contribution in [0.5, 0.6) is 11.5 Å². The second-order valence-corrected chi connectivity index (χ2v) is 5.82. The number of nitrogens with one attached hydrogen (secondary N) is 1. The monoisotopic (exact) mass is 367 g/mol. The van der Waals surface area contributed by atoms with E-state index in [1.807, 2.05) is 6.92 Å². The number of methoxy groups -OCH3 is 2. The number of rotatable bonds is 5. The van der Waals surface area contributed by atoms with Crippen LogP contribution >= 0.6 is 0 Å². The van der Waals surface area contributed by atoms with Gasteiger partial charge in [-0.3, -0.25) is 4.79 Å². The first-order chi connectivity index (χ1) is 12.2. The number of carbonyl (C=O) groups is 1. The maximum absolute atomic E-state index is 12.6.